The van der Waals surface area contributed by atoms with Crippen LogP contribution in [-0.4, -0.2) is 20.3 Å². The molecule has 0 aliphatic carbocycles. The van der Waals surface area contributed by atoms with Gasteiger partial charge in [-0.1, -0.05) is 6.92 Å². The Bertz CT molecular complexity index is 636. The number of nitrogens with zero attached hydrogens (tertiary/aromatic N) is 3. The lowest BCUT2D eigenvalue weighted by Crippen LogP contribution is -2.30. The number of hydrogen-bond acceptors (Lipinski definition) is 6. The molecule has 0 saturated heterocycles. The van der Waals surface area contributed by atoms with Crippen LogP contribution in [-0.2, 0) is 11.3 Å². The molecule has 2 rings (SSSR count). The molecule has 0 fully saturated rings. The van der Waals surface area contributed by atoms with Crippen molar-refractivity contribution in [3.63, 3.8) is 0 Å². The Labute approximate surface area is 120 Å². The third kappa shape index (κ3) is 3.11. The van der Waals surface area contributed by atoms with Crippen molar-refractivity contribution in [2.45, 2.75) is 32.9 Å². The Balaban J connectivity index is 2.23. The van der Waals surface area contributed by atoms with Crippen LogP contribution in [0.1, 0.15) is 31.2 Å². The first-order chi connectivity index (χ1) is 9.63. The Kier molecular flexibility index (Phi) is 4.62. The summed E-state index contributed by atoms with van der Waals surface area (Å²) in [6.45, 7) is 3.86. The Morgan fingerprint density at radius 2 is 2.35 bits per heavy atom. The largest absolute Gasteiger partial charge is 0.361 e. The van der Waals surface area contributed by atoms with Crippen molar-refractivity contribution in [2.24, 2.45) is 0 Å². The van der Waals surface area contributed by atoms with E-state index in [1.165, 1.54) is 29.0 Å². The van der Waals surface area contributed by atoms with Crippen molar-refractivity contribution in [3.05, 3.63) is 39.3 Å². The molecule has 0 saturated carbocycles. The topological polar surface area (TPSA) is 76.9 Å². The van der Waals surface area contributed by atoms with Gasteiger partial charge in [0, 0.05) is 23.5 Å². The molecule has 0 bridgehead atoms. The minimum atomic E-state index is -0.436. The monoisotopic (exact) mass is 292 g/mol. The van der Waals surface area contributed by atoms with Crippen LogP contribution in [0.4, 0.5) is 5.82 Å². The normalized spacial score (nSPS) is 12.1. The average molecular weight is 292 g/mol. The van der Waals surface area contributed by atoms with E-state index in [9.17, 15) is 9.59 Å². The highest BCUT2D eigenvalue weighted by Crippen LogP contribution is 2.11. The van der Waals surface area contributed by atoms with Crippen molar-refractivity contribution in [1.29, 1.82) is 0 Å². The van der Waals surface area contributed by atoms with Crippen molar-refractivity contribution in [3.8, 4) is 0 Å². The molecule has 2 aromatic heterocycles. The number of carbonyl (C=O) groups excluding carboxylic acids is 1. The molecule has 1 unspecified atom stereocenters. The van der Waals surface area contributed by atoms with Crippen LogP contribution in [0.3, 0.4) is 0 Å². The second kappa shape index (κ2) is 6.42. The zero-order valence-corrected chi connectivity index (χ0v) is 12.2. The highest BCUT2D eigenvalue weighted by Gasteiger charge is 2.17. The number of Topliss-reactive ketones (excluding diaryl/α,β-unsaturated/α-hetero) is 1. The number of hydrogen-bond donors (Lipinski definition) is 1. The van der Waals surface area contributed by atoms with Gasteiger partial charge < -0.3 is 9.88 Å². The van der Waals surface area contributed by atoms with Crippen LogP contribution >= 0.6 is 11.3 Å². The number of thiazole rings is 1. The van der Waals surface area contributed by atoms with E-state index in [1.807, 2.05) is 6.92 Å². The van der Waals surface area contributed by atoms with E-state index in [0.717, 1.165) is 4.88 Å². The molecule has 0 aliphatic rings. The van der Waals surface area contributed by atoms with Crippen LogP contribution in [0.25, 0.3) is 0 Å². The summed E-state index contributed by atoms with van der Waals surface area (Å²) in [5, 5.41) is 2.99. The fourth-order valence-corrected chi connectivity index (χ4v) is 2.51. The first kappa shape index (κ1) is 14.4. The predicted octanol–water partition coefficient (Wildman–Crippen LogP) is 1.85. The molecule has 7 heteroatoms. The number of nitrogens with one attached hydrogen (secondary N) is 1. The zero-order chi connectivity index (χ0) is 14.5. The summed E-state index contributed by atoms with van der Waals surface area (Å²) in [7, 11) is 0. The first-order valence-electron chi connectivity index (χ1n) is 6.32. The van der Waals surface area contributed by atoms with Crippen molar-refractivity contribution >= 4 is 22.9 Å². The van der Waals surface area contributed by atoms with E-state index in [1.54, 1.807) is 17.9 Å². The van der Waals surface area contributed by atoms with Gasteiger partial charge >= 0.3 is 0 Å². The van der Waals surface area contributed by atoms with Gasteiger partial charge in [-0.25, -0.2) is 4.98 Å². The summed E-state index contributed by atoms with van der Waals surface area (Å²) in [4.78, 5) is 32.9. The number of anilines is 1. The molecule has 0 aliphatic heterocycles. The molecule has 106 valence electrons. The molecule has 0 radical (unpaired) electrons. The van der Waals surface area contributed by atoms with Crippen LogP contribution in [0.15, 0.2) is 28.9 Å². The van der Waals surface area contributed by atoms with E-state index in [2.05, 4.69) is 15.3 Å². The molecular weight excluding hydrogens is 276 g/mol. The van der Waals surface area contributed by atoms with Gasteiger partial charge in [-0.05, 0) is 13.3 Å². The van der Waals surface area contributed by atoms with Crippen LogP contribution in [0.2, 0.25) is 0 Å². The number of rotatable bonds is 6. The molecule has 0 amide bonds. The smallest absolute Gasteiger partial charge is 0.293 e. The van der Waals surface area contributed by atoms with Crippen molar-refractivity contribution in [2.75, 3.05) is 5.32 Å². The minimum absolute atomic E-state index is 0.0331. The van der Waals surface area contributed by atoms with Gasteiger partial charge in [0.2, 0.25) is 0 Å². The average Bonchev–Trinajstić information content (AvgIpc) is 2.93. The SMILES string of the molecule is CCC(C(C)=O)n1ccnc(NCc2cncs2)c1=O. The van der Waals surface area contributed by atoms with Gasteiger partial charge in [-0.3, -0.25) is 14.6 Å². The van der Waals surface area contributed by atoms with Gasteiger partial charge in [-0.2, -0.15) is 0 Å². The van der Waals surface area contributed by atoms with E-state index in [0.29, 0.717) is 13.0 Å². The lowest BCUT2D eigenvalue weighted by molar-refractivity contribution is -0.120. The zero-order valence-electron chi connectivity index (χ0n) is 11.4. The summed E-state index contributed by atoms with van der Waals surface area (Å²) in [6.07, 6.45) is 5.40. The Morgan fingerprint density at radius 1 is 1.55 bits per heavy atom. The second-order valence-electron chi connectivity index (χ2n) is 4.34. The van der Waals surface area contributed by atoms with Crippen molar-refractivity contribution < 1.29 is 4.79 Å². The molecular formula is C13H16N4O2S. The van der Waals surface area contributed by atoms with E-state index >= 15 is 0 Å². The number of carbonyl (C=O) groups is 1. The molecule has 6 nitrogen and oxygen atoms in total. The van der Waals surface area contributed by atoms with Gasteiger partial charge in [0.15, 0.2) is 11.6 Å². The van der Waals surface area contributed by atoms with Crippen LogP contribution in [0, 0.1) is 0 Å². The summed E-state index contributed by atoms with van der Waals surface area (Å²) >= 11 is 1.50. The third-order valence-corrected chi connectivity index (χ3v) is 3.75. The van der Waals surface area contributed by atoms with E-state index in [-0.39, 0.29) is 17.2 Å². The maximum atomic E-state index is 12.3. The summed E-state index contributed by atoms with van der Waals surface area (Å²) in [6, 6.07) is -0.436. The summed E-state index contributed by atoms with van der Waals surface area (Å²) in [5.74, 6) is 0.217. The quantitative estimate of drug-likeness (QED) is 0.879. The molecule has 0 aromatic carbocycles. The maximum absolute atomic E-state index is 12.3. The molecule has 2 heterocycles. The highest BCUT2D eigenvalue weighted by atomic mass is 32.1. The highest BCUT2D eigenvalue weighted by molar-refractivity contribution is 7.09. The fraction of sp³-hybridized carbons (Fsp3) is 0.385. The van der Waals surface area contributed by atoms with Gasteiger partial charge in [0.05, 0.1) is 18.1 Å². The molecule has 1 N–H and O–H groups in total. The number of aromatic nitrogens is 3. The third-order valence-electron chi connectivity index (χ3n) is 2.97. The number of ketones is 1. The fourth-order valence-electron chi connectivity index (χ4n) is 1.97. The maximum Gasteiger partial charge on any atom is 0.293 e. The first-order valence-corrected chi connectivity index (χ1v) is 7.20. The van der Waals surface area contributed by atoms with Crippen molar-refractivity contribution in [1.82, 2.24) is 14.5 Å². The Morgan fingerprint density at radius 3 is 2.95 bits per heavy atom. The van der Waals surface area contributed by atoms with E-state index in [4.69, 9.17) is 0 Å². The lowest BCUT2D eigenvalue weighted by Gasteiger charge is -2.15. The summed E-state index contributed by atoms with van der Waals surface area (Å²) < 4.78 is 1.43. The standard InChI is InChI=1S/C13H16N4O2S/c1-3-11(9(2)18)17-5-4-15-12(13(17)19)16-7-10-6-14-8-20-10/h4-6,8,11H,3,7H2,1-2H3,(H,15,16). The van der Waals surface area contributed by atoms with Crippen LogP contribution < -0.4 is 10.9 Å². The van der Waals surface area contributed by atoms with Gasteiger partial charge in [0.25, 0.3) is 5.56 Å². The van der Waals surface area contributed by atoms with Gasteiger partial charge in [0.1, 0.15) is 0 Å². The summed E-state index contributed by atoms with van der Waals surface area (Å²) in [5.41, 5.74) is 1.45. The molecule has 2 aromatic rings. The molecule has 0 spiro atoms. The Hall–Kier alpha value is -2.02. The second-order valence-corrected chi connectivity index (χ2v) is 5.32. The van der Waals surface area contributed by atoms with Crippen LogP contribution in [0.5, 0.6) is 0 Å². The lowest BCUT2D eigenvalue weighted by atomic mass is 10.1. The van der Waals surface area contributed by atoms with Gasteiger partial charge in [-0.15, -0.1) is 11.3 Å². The molecule has 20 heavy (non-hydrogen) atoms. The predicted molar refractivity (Wildman–Crippen MR) is 77.9 cm³/mol. The van der Waals surface area contributed by atoms with E-state index < -0.39 is 6.04 Å². The molecule has 1 atom stereocenters. The minimum Gasteiger partial charge on any atom is -0.361 e.